The molecular weight excluding hydrogens is 526 g/mol. The molecule has 0 saturated heterocycles. The van der Waals surface area contributed by atoms with E-state index in [0.717, 1.165) is 5.39 Å². The highest BCUT2D eigenvalue weighted by Gasteiger charge is 2.74. The van der Waals surface area contributed by atoms with Crippen molar-refractivity contribution in [3.63, 3.8) is 0 Å². The number of fused-ring (bicyclic) bond motifs is 1. The second-order valence-corrected chi connectivity index (χ2v) is 11.7. The van der Waals surface area contributed by atoms with Crippen LogP contribution in [0, 0.1) is 0 Å². The van der Waals surface area contributed by atoms with Crippen LogP contribution in [0.2, 0.25) is 0 Å². The highest BCUT2D eigenvalue weighted by Crippen LogP contribution is 2.48. The average molecular weight is 565 g/mol. The Balaban J connectivity index is 2.74. The van der Waals surface area contributed by atoms with Gasteiger partial charge in [-0.2, -0.15) is 26.3 Å². The molecule has 0 bridgehead atoms. The molecule has 2 aromatic carbocycles. The lowest BCUT2D eigenvalue weighted by Crippen LogP contribution is -2.64. The summed E-state index contributed by atoms with van der Waals surface area (Å²) in [6, 6.07) is 8.66. The molecule has 0 saturated carbocycles. The fourth-order valence-electron chi connectivity index (χ4n) is 4.48. The zero-order chi connectivity index (χ0) is 30.6. The third-order valence-electron chi connectivity index (χ3n) is 7.19. The first kappa shape index (κ1) is 33.1. The maximum atomic E-state index is 13.5. The molecule has 39 heavy (non-hydrogen) atoms. The molecule has 0 aliphatic carbocycles. The number of allylic oxidation sites excluding steroid dienone is 1. The summed E-state index contributed by atoms with van der Waals surface area (Å²) in [6.45, 7) is 17.5. The number of alkyl halides is 6. The fraction of sp³-hybridized carbons (Fsp3) is 0.586. The number of hydrogen-bond acceptors (Lipinski definition) is 4. The van der Waals surface area contributed by atoms with Crippen LogP contribution in [0.3, 0.4) is 0 Å². The average Bonchev–Trinajstić information content (AvgIpc) is 2.74. The van der Waals surface area contributed by atoms with Crippen molar-refractivity contribution < 1.29 is 46.0 Å². The van der Waals surface area contributed by atoms with E-state index < -0.39 is 47.0 Å². The standard InChI is InChI=1S/C29H38F6O4/c1-16(2)21-14-19(25(7,8)39-18(4)27(37,28(30,31)32)29(33,34)35)15-22-20(21)12-11-13-23(22)26(9,10)38-17(3)24(5,6)36/h11-15,17-18,36-37H,1H2,2-10H3. The topological polar surface area (TPSA) is 58.9 Å². The van der Waals surface area contributed by atoms with E-state index in [1.165, 1.54) is 13.8 Å². The van der Waals surface area contributed by atoms with Gasteiger partial charge >= 0.3 is 12.4 Å². The molecule has 0 aromatic heterocycles. The van der Waals surface area contributed by atoms with Gasteiger partial charge in [0.25, 0.3) is 5.60 Å². The predicted octanol–water partition coefficient (Wildman–Crippen LogP) is 7.78. The SMILES string of the molecule is C=C(C)c1cc(C(C)(C)OC(C)C(O)(C(F)(F)F)C(F)(F)F)cc2c(C(C)(C)OC(C)C(C)(C)O)cccc12. The summed E-state index contributed by atoms with van der Waals surface area (Å²) in [5, 5.41) is 21.6. The summed E-state index contributed by atoms with van der Waals surface area (Å²) in [5.41, 5.74) is -6.75. The van der Waals surface area contributed by atoms with Crippen molar-refractivity contribution in [2.75, 3.05) is 0 Å². The zero-order valence-corrected chi connectivity index (χ0v) is 23.7. The number of benzene rings is 2. The van der Waals surface area contributed by atoms with E-state index in [1.54, 1.807) is 65.8 Å². The van der Waals surface area contributed by atoms with Crippen LogP contribution in [0.4, 0.5) is 26.3 Å². The van der Waals surface area contributed by atoms with Crippen LogP contribution in [0.25, 0.3) is 16.3 Å². The van der Waals surface area contributed by atoms with Gasteiger partial charge in [-0.15, -0.1) is 0 Å². The Bertz CT molecular complexity index is 1190. The van der Waals surface area contributed by atoms with Gasteiger partial charge in [0, 0.05) is 0 Å². The molecule has 2 unspecified atom stereocenters. The Labute approximate surface area is 225 Å². The molecular formula is C29H38F6O4. The molecule has 0 fully saturated rings. The normalized spacial score (nSPS) is 15.9. The van der Waals surface area contributed by atoms with Crippen molar-refractivity contribution in [1.29, 1.82) is 0 Å². The molecule has 0 spiro atoms. The van der Waals surface area contributed by atoms with Crippen molar-refractivity contribution in [3.8, 4) is 0 Å². The van der Waals surface area contributed by atoms with Crippen molar-refractivity contribution >= 4 is 16.3 Å². The maximum absolute atomic E-state index is 13.5. The minimum absolute atomic E-state index is 0.269. The quantitative estimate of drug-likeness (QED) is 0.306. The Hall–Kier alpha value is -2.14. The predicted molar refractivity (Wildman–Crippen MR) is 139 cm³/mol. The Morgan fingerprint density at radius 3 is 1.69 bits per heavy atom. The van der Waals surface area contributed by atoms with Gasteiger partial charge < -0.3 is 19.7 Å². The Morgan fingerprint density at radius 1 is 0.769 bits per heavy atom. The highest BCUT2D eigenvalue weighted by atomic mass is 19.4. The number of hydrogen-bond donors (Lipinski definition) is 2. The molecule has 220 valence electrons. The molecule has 0 heterocycles. The molecule has 4 nitrogen and oxygen atoms in total. The summed E-state index contributed by atoms with van der Waals surface area (Å²) in [5.74, 6) is 0. The lowest BCUT2D eigenvalue weighted by atomic mass is 9.84. The molecule has 0 aliphatic heterocycles. The number of rotatable bonds is 9. The van der Waals surface area contributed by atoms with E-state index >= 15 is 0 Å². The van der Waals surface area contributed by atoms with E-state index in [-0.39, 0.29) is 5.56 Å². The molecule has 0 radical (unpaired) electrons. The van der Waals surface area contributed by atoms with Gasteiger partial charge in [-0.05, 0) is 102 Å². The van der Waals surface area contributed by atoms with Crippen molar-refractivity contribution in [3.05, 3.63) is 53.6 Å². The van der Waals surface area contributed by atoms with Crippen LogP contribution in [0.15, 0.2) is 36.9 Å². The first-order valence-electron chi connectivity index (χ1n) is 12.4. The third kappa shape index (κ3) is 6.45. The van der Waals surface area contributed by atoms with Gasteiger partial charge in [-0.25, -0.2) is 0 Å². The number of halogens is 6. The van der Waals surface area contributed by atoms with Gasteiger partial charge in [0.05, 0.1) is 22.9 Å². The van der Waals surface area contributed by atoms with Crippen LogP contribution in [-0.4, -0.2) is 46.0 Å². The smallest absolute Gasteiger partial charge is 0.388 e. The van der Waals surface area contributed by atoms with E-state index in [9.17, 15) is 36.6 Å². The van der Waals surface area contributed by atoms with Crippen LogP contribution < -0.4 is 0 Å². The zero-order valence-electron chi connectivity index (χ0n) is 23.7. The van der Waals surface area contributed by atoms with Crippen molar-refractivity contribution in [2.24, 2.45) is 0 Å². The lowest BCUT2D eigenvalue weighted by Gasteiger charge is -2.41. The highest BCUT2D eigenvalue weighted by molar-refractivity contribution is 5.96. The monoisotopic (exact) mass is 564 g/mol. The fourth-order valence-corrected chi connectivity index (χ4v) is 4.48. The largest absolute Gasteiger partial charge is 0.428 e. The van der Waals surface area contributed by atoms with Crippen LogP contribution in [-0.2, 0) is 20.7 Å². The number of ether oxygens (including phenoxy) is 2. The summed E-state index contributed by atoms with van der Waals surface area (Å²) in [4.78, 5) is 0. The molecule has 2 atom stereocenters. The second-order valence-electron chi connectivity index (χ2n) is 11.7. The van der Waals surface area contributed by atoms with Crippen LogP contribution >= 0.6 is 0 Å². The van der Waals surface area contributed by atoms with Gasteiger partial charge in [0.1, 0.15) is 6.10 Å². The first-order chi connectivity index (χ1) is 17.3. The summed E-state index contributed by atoms with van der Waals surface area (Å²) < 4.78 is 92.5. The minimum atomic E-state index is -6.03. The van der Waals surface area contributed by atoms with E-state index in [2.05, 4.69) is 6.58 Å². The molecule has 2 N–H and O–H groups in total. The molecule has 0 amide bonds. The van der Waals surface area contributed by atoms with Crippen molar-refractivity contribution in [2.45, 2.75) is 109 Å². The van der Waals surface area contributed by atoms with Gasteiger partial charge in [-0.1, -0.05) is 30.4 Å². The first-order valence-corrected chi connectivity index (χ1v) is 12.4. The van der Waals surface area contributed by atoms with E-state index in [1.807, 2.05) is 6.07 Å². The summed E-state index contributed by atoms with van der Waals surface area (Å²) in [7, 11) is 0. The minimum Gasteiger partial charge on any atom is -0.388 e. The molecule has 10 heteroatoms. The Morgan fingerprint density at radius 2 is 1.26 bits per heavy atom. The molecule has 0 aliphatic rings. The number of aliphatic hydroxyl groups is 2. The van der Waals surface area contributed by atoms with Crippen molar-refractivity contribution in [1.82, 2.24) is 0 Å². The summed E-state index contributed by atoms with van der Waals surface area (Å²) in [6.07, 6.45) is -15.3. The lowest BCUT2D eigenvalue weighted by molar-refractivity contribution is -0.398. The molecule has 2 aromatic rings. The van der Waals surface area contributed by atoms with Crippen LogP contribution in [0.5, 0.6) is 0 Å². The second kappa shape index (κ2) is 10.4. The van der Waals surface area contributed by atoms with E-state index in [0.29, 0.717) is 29.0 Å². The Kier molecular flexibility index (Phi) is 8.78. The van der Waals surface area contributed by atoms with E-state index in [4.69, 9.17) is 9.47 Å². The third-order valence-corrected chi connectivity index (χ3v) is 7.19. The van der Waals surface area contributed by atoms with Crippen LogP contribution in [0.1, 0.15) is 79.0 Å². The van der Waals surface area contributed by atoms with Gasteiger partial charge in [0.15, 0.2) is 0 Å². The summed E-state index contributed by atoms with van der Waals surface area (Å²) >= 11 is 0. The maximum Gasteiger partial charge on any atom is 0.428 e. The van der Waals surface area contributed by atoms with Gasteiger partial charge in [-0.3, -0.25) is 0 Å². The van der Waals surface area contributed by atoms with Gasteiger partial charge in [0.2, 0.25) is 0 Å². The molecule has 2 rings (SSSR count).